The molecule has 0 N–H and O–H groups in total. The van der Waals surface area contributed by atoms with E-state index >= 15 is 0 Å². The van der Waals surface area contributed by atoms with E-state index in [0.29, 0.717) is 11.4 Å². The van der Waals surface area contributed by atoms with Gasteiger partial charge in [0.1, 0.15) is 0 Å². The molecule has 0 amide bonds. The first-order chi connectivity index (χ1) is 13.2. The summed E-state index contributed by atoms with van der Waals surface area (Å²) >= 11 is 0. The molecular weight excluding hydrogens is 396 g/mol. The van der Waals surface area contributed by atoms with Crippen LogP contribution in [0.15, 0.2) is 94.7 Å². The monoisotopic (exact) mass is 416 g/mol. The molecule has 0 aliphatic heterocycles. The lowest BCUT2D eigenvalue weighted by Crippen LogP contribution is -2.28. The Labute approximate surface area is 165 Å². The zero-order valence-corrected chi connectivity index (χ0v) is 17.1. The number of sulfonamides is 2. The second-order valence-electron chi connectivity index (χ2n) is 6.09. The van der Waals surface area contributed by atoms with Crippen LogP contribution in [0.5, 0.6) is 0 Å². The molecule has 6 nitrogen and oxygen atoms in total. The fourth-order valence-electron chi connectivity index (χ4n) is 2.65. The first-order valence-electron chi connectivity index (χ1n) is 8.42. The summed E-state index contributed by atoms with van der Waals surface area (Å²) in [5.41, 5.74) is 0.858. The van der Waals surface area contributed by atoms with Crippen molar-refractivity contribution in [3.05, 3.63) is 84.9 Å². The lowest BCUT2D eigenvalue weighted by Gasteiger charge is -2.22. The van der Waals surface area contributed by atoms with Crippen molar-refractivity contribution in [2.24, 2.45) is 0 Å². The number of hydrogen-bond donors (Lipinski definition) is 0. The first kappa shape index (κ1) is 19.9. The molecule has 0 fully saturated rings. The van der Waals surface area contributed by atoms with E-state index in [4.69, 9.17) is 0 Å². The van der Waals surface area contributed by atoms with Crippen molar-refractivity contribution in [1.82, 2.24) is 0 Å². The second kappa shape index (κ2) is 7.65. The van der Waals surface area contributed by atoms with Crippen molar-refractivity contribution in [3.8, 4) is 0 Å². The van der Waals surface area contributed by atoms with Gasteiger partial charge in [0, 0.05) is 14.1 Å². The molecule has 0 atom stereocenters. The van der Waals surface area contributed by atoms with Crippen LogP contribution in [0.1, 0.15) is 0 Å². The largest absolute Gasteiger partial charge is 0.269 e. The Morgan fingerprint density at radius 1 is 0.500 bits per heavy atom. The van der Waals surface area contributed by atoms with E-state index in [9.17, 15) is 16.8 Å². The number of anilines is 2. The minimum atomic E-state index is -3.70. The van der Waals surface area contributed by atoms with Crippen molar-refractivity contribution in [2.75, 3.05) is 22.7 Å². The van der Waals surface area contributed by atoms with Gasteiger partial charge in [-0.3, -0.25) is 8.61 Å². The number of benzene rings is 3. The van der Waals surface area contributed by atoms with Gasteiger partial charge in [0.2, 0.25) is 0 Å². The molecule has 0 heterocycles. The summed E-state index contributed by atoms with van der Waals surface area (Å²) in [6, 6.07) is 22.6. The molecule has 0 radical (unpaired) electrons. The maximum atomic E-state index is 12.7. The Hall–Kier alpha value is -2.84. The van der Waals surface area contributed by atoms with Gasteiger partial charge in [-0.05, 0) is 48.5 Å². The summed E-state index contributed by atoms with van der Waals surface area (Å²) < 4.78 is 53.2. The first-order valence-corrected chi connectivity index (χ1v) is 11.3. The molecule has 8 heteroatoms. The summed E-state index contributed by atoms with van der Waals surface area (Å²) in [6.45, 7) is 0. The van der Waals surface area contributed by atoms with E-state index in [0.717, 1.165) is 8.61 Å². The van der Waals surface area contributed by atoms with Crippen LogP contribution in [0.4, 0.5) is 11.4 Å². The van der Waals surface area contributed by atoms with Crippen molar-refractivity contribution >= 4 is 31.4 Å². The Balaban J connectivity index is 1.88. The topological polar surface area (TPSA) is 74.8 Å². The standard InChI is InChI=1S/C20H20N2O4S2/c1-21(27(23,24)19-9-5-3-6-10-19)17-13-15-18(16-14-17)22(2)28(25,26)20-11-7-4-8-12-20/h3-16H,1-2H3. The summed E-state index contributed by atoms with van der Waals surface area (Å²) in [7, 11) is -4.47. The zero-order chi connectivity index (χ0) is 20.4. The highest BCUT2D eigenvalue weighted by Gasteiger charge is 2.23. The fourth-order valence-corrected chi connectivity index (χ4v) is 5.08. The quantitative estimate of drug-likeness (QED) is 0.618. The number of hydrogen-bond acceptors (Lipinski definition) is 4. The smallest absolute Gasteiger partial charge is 0.264 e. The van der Waals surface area contributed by atoms with Gasteiger partial charge in [-0.2, -0.15) is 0 Å². The Morgan fingerprint density at radius 3 is 1.07 bits per heavy atom. The van der Waals surface area contributed by atoms with Crippen LogP contribution in [-0.4, -0.2) is 30.9 Å². The van der Waals surface area contributed by atoms with Crippen LogP contribution in [0, 0.1) is 0 Å². The number of rotatable bonds is 6. The van der Waals surface area contributed by atoms with E-state index in [-0.39, 0.29) is 9.79 Å². The van der Waals surface area contributed by atoms with Crippen LogP contribution >= 0.6 is 0 Å². The molecule has 146 valence electrons. The Bertz CT molecular complexity index is 1050. The van der Waals surface area contributed by atoms with Crippen LogP contribution < -0.4 is 8.61 Å². The maximum absolute atomic E-state index is 12.7. The van der Waals surface area contributed by atoms with Gasteiger partial charge in [0.25, 0.3) is 20.0 Å². The molecule has 0 aromatic heterocycles. The number of nitrogens with zero attached hydrogens (tertiary/aromatic N) is 2. The van der Waals surface area contributed by atoms with E-state index in [1.807, 2.05) is 0 Å². The van der Waals surface area contributed by atoms with Crippen molar-refractivity contribution in [1.29, 1.82) is 0 Å². The summed E-state index contributed by atoms with van der Waals surface area (Å²) in [5.74, 6) is 0. The molecule has 0 saturated carbocycles. The van der Waals surface area contributed by atoms with Crippen molar-refractivity contribution in [2.45, 2.75) is 9.79 Å². The fraction of sp³-hybridized carbons (Fsp3) is 0.100. The molecular formula is C20H20N2O4S2. The minimum absolute atomic E-state index is 0.186. The van der Waals surface area contributed by atoms with E-state index in [2.05, 4.69) is 0 Å². The van der Waals surface area contributed by atoms with Crippen LogP contribution in [0.3, 0.4) is 0 Å². The lowest BCUT2D eigenvalue weighted by atomic mass is 10.3. The van der Waals surface area contributed by atoms with Gasteiger partial charge >= 0.3 is 0 Å². The molecule has 0 bridgehead atoms. The van der Waals surface area contributed by atoms with E-state index in [1.54, 1.807) is 60.7 Å². The Morgan fingerprint density at radius 2 is 0.786 bits per heavy atom. The Kier molecular flexibility index (Phi) is 5.44. The highest BCUT2D eigenvalue weighted by atomic mass is 32.2. The molecule has 3 aromatic carbocycles. The average molecular weight is 417 g/mol. The molecule has 0 aliphatic carbocycles. The van der Waals surface area contributed by atoms with Gasteiger partial charge in [0.05, 0.1) is 21.2 Å². The van der Waals surface area contributed by atoms with Crippen LogP contribution in [0.25, 0.3) is 0 Å². The van der Waals surface area contributed by atoms with Gasteiger partial charge < -0.3 is 0 Å². The van der Waals surface area contributed by atoms with Gasteiger partial charge in [-0.25, -0.2) is 16.8 Å². The van der Waals surface area contributed by atoms with E-state index < -0.39 is 20.0 Å². The van der Waals surface area contributed by atoms with Gasteiger partial charge in [-0.15, -0.1) is 0 Å². The third-order valence-electron chi connectivity index (χ3n) is 4.38. The second-order valence-corrected chi connectivity index (χ2v) is 10.0. The van der Waals surface area contributed by atoms with E-state index in [1.165, 1.54) is 38.4 Å². The average Bonchev–Trinajstić information content (AvgIpc) is 2.74. The van der Waals surface area contributed by atoms with Crippen molar-refractivity contribution in [3.63, 3.8) is 0 Å². The van der Waals surface area contributed by atoms with Gasteiger partial charge in [0.15, 0.2) is 0 Å². The van der Waals surface area contributed by atoms with Crippen molar-refractivity contribution < 1.29 is 16.8 Å². The molecule has 0 saturated heterocycles. The predicted molar refractivity (Wildman–Crippen MR) is 111 cm³/mol. The minimum Gasteiger partial charge on any atom is -0.269 e. The molecule has 0 unspecified atom stereocenters. The molecule has 0 spiro atoms. The third kappa shape index (κ3) is 3.74. The van der Waals surface area contributed by atoms with Gasteiger partial charge in [-0.1, -0.05) is 36.4 Å². The highest BCUT2D eigenvalue weighted by molar-refractivity contribution is 7.93. The molecule has 28 heavy (non-hydrogen) atoms. The molecule has 3 aromatic rings. The lowest BCUT2D eigenvalue weighted by molar-refractivity contribution is 0.592. The third-order valence-corrected chi connectivity index (χ3v) is 7.98. The summed E-state index contributed by atoms with van der Waals surface area (Å²) in [5, 5.41) is 0. The molecule has 0 aliphatic rings. The van der Waals surface area contributed by atoms with Crippen LogP contribution in [-0.2, 0) is 20.0 Å². The zero-order valence-electron chi connectivity index (χ0n) is 15.4. The molecule has 3 rings (SSSR count). The normalized spacial score (nSPS) is 11.8. The SMILES string of the molecule is CN(c1ccc(N(C)S(=O)(=O)c2ccccc2)cc1)S(=O)(=O)c1ccccc1. The summed E-state index contributed by atoms with van der Waals surface area (Å²) in [6.07, 6.45) is 0. The van der Waals surface area contributed by atoms with Crippen LogP contribution in [0.2, 0.25) is 0 Å². The summed E-state index contributed by atoms with van der Waals surface area (Å²) in [4.78, 5) is 0.371. The predicted octanol–water partition coefficient (Wildman–Crippen LogP) is 3.34. The highest BCUT2D eigenvalue weighted by Crippen LogP contribution is 2.27. The maximum Gasteiger partial charge on any atom is 0.264 e.